The third kappa shape index (κ3) is 6.87. The normalized spacial score (nSPS) is 16.8. The average molecular weight is 421 g/mol. The van der Waals surface area contributed by atoms with Crippen LogP contribution in [0.5, 0.6) is 11.5 Å². The minimum absolute atomic E-state index is 0.106. The molecule has 0 unspecified atom stereocenters. The molecule has 2 aromatic rings. The van der Waals surface area contributed by atoms with E-state index < -0.39 is 6.29 Å². The van der Waals surface area contributed by atoms with Gasteiger partial charge in [-0.2, -0.15) is 0 Å². The number of benzene rings is 2. The second-order valence-corrected chi connectivity index (χ2v) is 7.32. The molecule has 0 aromatic heterocycles. The fraction of sp³-hybridized carbons (Fsp3) is 0.500. The maximum absolute atomic E-state index is 12.6. The summed E-state index contributed by atoms with van der Waals surface area (Å²) in [5.41, 5.74) is 3.68. The standard InChI is InChI=1S/C12H18N2.C10H10F2O2.C2H6/c1-11-3-5-12(6-4-11)14-9-7-13(2)8-10-14;1-2-3-7-4-5-8-9(6-7)14-10(11,12)13-8;1-2/h3-6H,7-10H2,1-2H3;4-6H,2-3H2,1H3;1-2H3. The molecule has 4 rings (SSSR count). The molecular formula is C24H34F2N2O2. The van der Waals surface area contributed by atoms with Gasteiger partial charge in [0.2, 0.25) is 0 Å². The largest absolute Gasteiger partial charge is 0.586 e. The first kappa shape index (κ1) is 23.9. The Balaban J connectivity index is 0.000000197. The van der Waals surface area contributed by atoms with Gasteiger partial charge in [-0.25, -0.2) is 0 Å². The molecule has 6 heteroatoms. The van der Waals surface area contributed by atoms with Gasteiger partial charge in [0.1, 0.15) is 0 Å². The minimum Gasteiger partial charge on any atom is -0.395 e. The zero-order chi connectivity index (χ0) is 22.1. The Morgan fingerprint density at radius 3 is 2.10 bits per heavy atom. The van der Waals surface area contributed by atoms with Crippen molar-refractivity contribution in [1.82, 2.24) is 4.90 Å². The molecule has 4 nitrogen and oxygen atoms in total. The van der Waals surface area contributed by atoms with E-state index in [0.717, 1.165) is 31.5 Å². The van der Waals surface area contributed by atoms with Crippen molar-refractivity contribution in [3.05, 3.63) is 53.6 Å². The number of aryl methyl sites for hydroxylation is 2. The maximum atomic E-state index is 12.6. The van der Waals surface area contributed by atoms with E-state index in [9.17, 15) is 8.78 Å². The van der Waals surface area contributed by atoms with Crippen molar-refractivity contribution in [1.29, 1.82) is 0 Å². The fourth-order valence-electron chi connectivity index (χ4n) is 3.26. The fourth-order valence-corrected chi connectivity index (χ4v) is 3.26. The van der Waals surface area contributed by atoms with E-state index in [2.05, 4.69) is 57.5 Å². The molecule has 0 radical (unpaired) electrons. The lowest BCUT2D eigenvalue weighted by Gasteiger charge is -2.34. The molecule has 0 atom stereocenters. The molecule has 0 amide bonds. The Labute approximate surface area is 179 Å². The molecule has 2 heterocycles. The lowest BCUT2D eigenvalue weighted by molar-refractivity contribution is -0.286. The number of ether oxygens (including phenoxy) is 2. The number of piperazine rings is 1. The van der Waals surface area contributed by atoms with Crippen LogP contribution in [0.2, 0.25) is 0 Å². The predicted molar refractivity (Wildman–Crippen MR) is 119 cm³/mol. The van der Waals surface area contributed by atoms with Gasteiger partial charge in [0.05, 0.1) is 0 Å². The zero-order valence-corrected chi connectivity index (χ0v) is 18.8. The molecule has 2 aliphatic rings. The van der Waals surface area contributed by atoms with Crippen molar-refractivity contribution in [3.8, 4) is 11.5 Å². The summed E-state index contributed by atoms with van der Waals surface area (Å²) >= 11 is 0. The molecule has 1 fully saturated rings. The van der Waals surface area contributed by atoms with E-state index in [-0.39, 0.29) is 11.5 Å². The minimum atomic E-state index is -3.51. The summed E-state index contributed by atoms with van der Waals surface area (Å²) in [6, 6.07) is 13.7. The monoisotopic (exact) mass is 420 g/mol. The lowest BCUT2D eigenvalue weighted by atomic mass is 10.1. The highest BCUT2D eigenvalue weighted by molar-refractivity contribution is 5.48. The second kappa shape index (κ2) is 11.2. The summed E-state index contributed by atoms with van der Waals surface area (Å²) < 4.78 is 33.8. The number of halogens is 2. The molecule has 0 bridgehead atoms. The van der Waals surface area contributed by atoms with Crippen LogP contribution in [-0.2, 0) is 6.42 Å². The van der Waals surface area contributed by atoms with Gasteiger partial charge in [-0.1, -0.05) is 51.0 Å². The van der Waals surface area contributed by atoms with Crippen LogP contribution < -0.4 is 14.4 Å². The molecule has 2 aliphatic heterocycles. The van der Waals surface area contributed by atoms with E-state index >= 15 is 0 Å². The van der Waals surface area contributed by atoms with Gasteiger partial charge in [-0.3, -0.25) is 0 Å². The molecule has 1 saturated heterocycles. The highest BCUT2D eigenvalue weighted by Crippen LogP contribution is 2.41. The molecule has 0 N–H and O–H groups in total. The van der Waals surface area contributed by atoms with E-state index in [0.29, 0.717) is 0 Å². The number of nitrogens with zero attached hydrogens (tertiary/aromatic N) is 2. The number of likely N-dealkylation sites (N-methyl/N-ethyl adjacent to an activating group) is 1. The number of hydrogen-bond donors (Lipinski definition) is 0. The van der Waals surface area contributed by atoms with Gasteiger partial charge in [0.25, 0.3) is 0 Å². The Bertz CT molecular complexity index is 773. The smallest absolute Gasteiger partial charge is 0.395 e. The first-order valence-electron chi connectivity index (χ1n) is 10.8. The summed E-state index contributed by atoms with van der Waals surface area (Å²) in [5.74, 6) is 0.232. The van der Waals surface area contributed by atoms with Crippen molar-refractivity contribution < 1.29 is 18.3 Å². The van der Waals surface area contributed by atoms with Crippen LogP contribution in [0.15, 0.2) is 42.5 Å². The van der Waals surface area contributed by atoms with Crippen LogP contribution in [0.4, 0.5) is 14.5 Å². The van der Waals surface area contributed by atoms with Crippen LogP contribution in [0.3, 0.4) is 0 Å². The SMILES string of the molecule is CC.CCCc1ccc2c(c1)OC(F)(F)O2.Cc1ccc(N2CCN(C)CC2)cc1. The van der Waals surface area contributed by atoms with Gasteiger partial charge >= 0.3 is 6.29 Å². The number of rotatable bonds is 3. The molecule has 0 aliphatic carbocycles. The summed E-state index contributed by atoms with van der Waals surface area (Å²) in [7, 11) is 2.19. The number of fused-ring (bicyclic) bond motifs is 1. The van der Waals surface area contributed by atoms with Gasteiger partial charge in [-0.15, -0.1) is 8.78 Å². The number of anilines is 1. The number of alkyl halides is 2. The van der Waals surface area contributed by atoms with E-state index in [1.807, 2.05) is 20.8 Å². The van der Waals surface area contributed by atoms with Crippen LogP contribution in [0.1, 0.15) is 38.3 Å². The Morgan fingerprint density at radius 1 is 0.900 bits per heavy atom. The van der Waals surface area contributed by atoms with Gasteiger partial charge < -0.3 is 19.3 Å². The number of hydrogen-bond acceptors (Lipinski definition) is 4. The van der Waals surface area contributed by atoms with E-state index in [1.54, 1.807) is 12.1 Å². The van der Waals surface area contributed by atoms with Crippen molar-refractivity contribution in [2.75, 3.05) is 38.1 Å². The topological polar surface area (TPSA) is 24.9 Å². The van der Waals surface area contributed by atoms with Crippen molar-refractivity contribution in [3.63, 3.8) is 0 Å². The van der Waals surface area contributed by atoms with E-state index in [4.69, 9.17) is 0 Å². The van der Waals surface area contributed by atoms with Crippen molar-refractivity contribution >= 4 is 5.69 Å². The van der Waals surface area contributed by atoms with Gasteiger partial charge in [-0.05, 0) is 50.2 Å². The van der Waals surface area contributed by atoms with Crippen LogP contribution in [0.25, 0.3) is 0 Å². The van der Waals surface area contributed by atoms with Gasteiger partial charge in [0.15, 0.2) is 11.5 Å². The quantitative estimate of drug-likeness (QED) is 0.633. The summed E-state index contributed by atoms with van der Waals surface area (Å²) in [5, 5.41) is 0. The molecule has 0 spiro atoms. The Hall–Kier alpha value is -2.34. The molecular weight excluding hydrogens is 386 g/mol. The van der Waals surface area contributed by atoms with Crippen molar-refractivity contribution in [2.45, 2.75) is 46.8 Å². The maximum Gasteiger partial charge on any atom is 0.586 e. The zero-order valence-electron chi connectivity index (χ0n) is 18.8. The van der Waals surface area contributed by atoms with Crippen LogP contribution >= 0.6 is 0 Å². The highest BCUT2D eigenvalue weighted by atomic mass is 19.3. The third-order valence-corrected chi connectivity index (χ3v) is 4.91. The highest BCUT2D eigenvalue weighted by Gasteiger charge is 2.43. The average Bonchev–Trinajstić information content (AvgIpc) is 3.05. The summed E-state index contributed by atoms with van der Waals surface area (Å²) in [6.07, 6.45) is -1.69. The summed E-state index contributed by atoms with van der Waals surface area (Å²) in [4.78, 5) is 4.84. The summed E-state index contributed by atoms with van der Waals surface area (Å²) in [6.45, 7) is 12.8. The Kier molecular flexibility index (Phi) is 8.90. The Morgan fingerprint density at radius 2 is 1.50 bits per heavy atom. The molecule has 30 heavy (non-hydrogen) atoms. The first-order chi connectivity index (χ1) is 14.4. The van der Waals surface area contributed by atoms with Crippen LogP contribution in [-0.4, -0.2) is 44.4 Å². The lowest BCUT2D eigenvalue weighted by Crippen LogP contribution is -2.44. The van der Waals surface area contributed by atoms with Gasteiger partial charge in [0, 0.05) is 31.9 Å². The second-order valence-electron chi connectivity index (χ2n) is 7.32. The predicted octanol–water partition coefficient (Wildman–Crippen LogP) is 5.73. The first-order valence-corrected chi connectivity index (χ1v) is 10.8. The van der Waals surface area contributed by atoms with Crippen LogP contribution in [0, 0.1) is 6.92 Å². The third-order valence-electron chi connectivity index (χ3n) is 4.91. The molecule has 166 valence electrons. The molecule has 2 aromatic carbocycles. The molecule has 0 saturated carbocycles. The van der Waals surface area contributed by atoms with E-state index in [1.165, 1.54) is 30.4 Å². The van der Waals surface area contributed by atoms with Crippen molar-refractivity contribution in [2.24, 2.45) is 0 Å².